The summed E-state index contributed by atoms with van der Waals surface area (Å²) in [7, 11) is 0. The molecule has 0 spiro atoms. The summed E-state index contributed by atoms with van der Waals surface area (Å²) >= 11 is 1.12. The van der Waals surface area contributed by atoms with Crippen molar-refractivity contribution in [3.8, 4) is 11.4 Å². The van der Waals surface area contributed by atoms with E-state index >= 15 is 0 Å². The van der Waals surface area contributed by atoms with E-state index in [0.717, 1.165) is 17.3 Å². The lowest BCUT2D eigenvalue weighted by molar-refractivity contribution is -0.384. The number of rotatable bonds is 8. The van der Waals surface area contributed by atoms with Gasteiger partial charge >= 0.3 is 0 Å². The minimum absolute atomic E-state index is 0.0603. The van der Waals surface area contributed by atoms with E-state index < -0.39 is 16.6 Å². The zero-order chi connectivity index (χ0) is 24.1. The Kier molecular flexibility index (Phi) is 6.98. The molecule has 0 aliphatic rings. The topological polar surface area (TPSA) is 103 Å². The zero-order valence-corrected chi connectivity index (χ0v) is 19.0. The number of carbonyl (C=O) groups excluding carboxylic acids is 1. The molecule has 0 atom stereocenters. The van der Waals surface area contributed by atoms with E-state index in [1.54, 1.807) is 35.8 Å². The maximum absolute atomic E-state index is 14.5. The lowest BCUT2D eigenvalue weighted by Gasteiger charge is -2.11. The molecule has 1 N–H and O–H groups in total. The van der Waals surface area contributed by atoms with Gasteiger partial charge in [0.25, 0.3) is 5.69 Å². The number of nitro groups is 1. The molecule has 1 heterocycles. The zero-order valence-electron chi connectivity index (χ0n) is 18.1. The van der Waals surface area contributed by atoms with E-state index in [-0.39, 0.29) is 17.1 Å². The van der Waals surface area contributed by atoms with E-state index in [4.69, 9.17) is 0 Å². The lowest BCUT2D eigenvalue weighted by atomic mass is 10.2. The van der Waals surface area contributed by atoms with Crippen LogP contribution < -0.4 is 5.32 Å². The minimum Gasteiger partial charge on any atom is -0.320 e. The molecule has 172 valence electrons. The van der Waals surface area contributed by atoms with Crippen molar-refractivity contribution in [3.05, 3.63) is 99.9 Å². The van der Waals surface area contributed by atoms with E-state index in [9.17, 15) is 19.3 Å². The Balaban J connectivity index is 1.57. The van der Waals surface area contributed by atoms with Crippen LogP contribution in [-0.4, -0.2) is 31.3 Å². The molecule has 4 aromatic rings. The Bertz CT molecular complexity index is 1340. The van der Waals surface area contributed by atoms with Gasteiger partial charge in [-0.25, -0.2) is 4.39 Å². The summed E-state index contributed by atoms with van der Waals surface area (Å²) in [5.74, 6) is -0.572. The van der Waals surface area contributed by atoms with E-state index in [0.29, 0.717) is 28.7 Å². The predicted molar refractivity (Wildman–Crippen MR) is 128 cm³/mol. The Morgan fingerprint density at radius 2 is 1.82 bits per heavy atom. The number of nitro benzene ring substituents is 1. The molecule has 1 amide bonds. The van der Waals surface area contributed by atoms with Crippen molar-refractivity contribution in [1.82, 2.24) is 14.8 Å². The number of amides is 1. The largest absolute Gasteiger partial charge is 0.320 e. The van der Waals surface area contributed by atoms with Crippen LogP contribution in [0.3, 0.4) is 0 Å². The number of aryl methyl sites for hydroxylation is 1. The molecule has 0 radical (unpaired) electrons. The molecule has 0 saturated carbocycles. The second-order valence-corrected chi connectivity index (χ2v) is 8.41. The van der Waals surface area contributed by atoms with Crippen molar-refractivity contribution in [3.63, 3.8) is 0 Å². The van der Waals surface area contributed by atoms with Crippen molar-refractivity contribution in [2.24, 2.45) is 0 Å². The summed E-state index contributed by atoms with van der Waals surface area (Å²) in [6.07, 6.45) is 0. The molecular weight excluding hydrogens is 457 g/mol. The van der Waals surface area contributed by atoms with Crippen molar-refractivity contribution in [2.45, 2.75) is 18.6 Å². The molecule has 34 heavy (non-hydrogen) atoms. The van der Waals surface area contributed by atoms with Crippen LogP contribution in [-0.2, 0) is 11.3 Å². The number of nitrogens with one attached hydrogen (secondary N) is 1. The second-order valence-electron chi connectivity index (χ2n) is 7.47. The Morgan fingerprint density at radius 1 is 1.09 bits per heavy atom. The van der Waals surface area contributed by atoms with E-state index in [1.165, 1.54) is 18.2 Å². The van der Waals surface area contributed by atoms with Crippen molar-refractivity contribution < 1.29 is 14.1 Å². The molecule has 0 aliphatic heterocycles. The highest BCUT2D eigenvalue weighted by Gasteiger charge is 2.20. The molecule has 1 aromatic heterocycles. The van der Waals surface area contributed by atoms with Gasteiger partial charge in [-0.15, -0.1) is 10.2 Å². The van der Waals surface area contributed by atoms with Gasteiger partial charge in [0.1, 0.15) is 11.5 Å². The number of halogens is 1. The normalized spacial score (nSPS) is 10.8. The molecule has 10 heteroatoms. The molecule has 4 rings (SSSR count). The second kappa shape index (κ2) is 10.3. The standard InChI is InChI=1S/C24H20FN5O3S/c1-16-11-12-20(21(13-16)30(32)33)26-22(31)15-34-24-28-27-23(18-9-5-6-10-19(18)25)29(24)14-17-7-3-2-4-8-17/h2-13H,14-15H2,1H3,(H,26,31). The first-order valence-electron chi connectivity index (χ1n) is 10.3. The van der Waals surface area contributed by atoms with Crippen LogP contribution >= 0.6 is 11.8 Å². The predicted octanol–water partition coefficient (Wildman–Crippen LogP) is 5.08. The Morgan fingerprint density at radius 3 is 2.56 bits per heavy atom. The van der Waals surface area contributed by atoms with Crippen LogP contribution in [0.2, 0.25) is 0 Å². The van der Waals surface area contributed by atoms with Crippen molar-refractivity contribution >= 4 is 29.0 Å². The third-order valence-electron chi connectivity index (χ3n) is 4.97. The number of nitrogens with zero attached hydrogens (tertiary/aromatic N) is 4. The van der Waals surface area contributed by atoms with Gasteiger partial charge in [0.15, 0.2) is 11.0 Å². The first-order valence-corrected chi connectivity index (χ1v) is 11.3. The fourth-order valence-corrected chi connectivity index (χ4v) is 4.10. The highest BCUT2D eigenvalue weighted by Crippen LogP contribution is 2.28. The fraction of sp³-hybridized carbons (Fsp3) is 0.125. The first kappa shape index (κ1) is 23.1. The van der Waals surface area contributed by atoms with Gasteiger partial charge in [-0.3, -0.25) is 19.5 Å². The quantitative estimate of drug-likeness (QED) is 0.216. The highest BCUT2D eigenvalue weighted by atomic mass is 32.2. The molecule has 0 fully saturated rings. The number of benzene rings is 3. The van der Waals surface area contributed by atoms with Crippen LogP contribution in [0.15, 0.2) is 78.0 Å². The van der Waals surface area contributed by atoms with Crippen molar-refractivity contribution in [2.75, 3.05) is 11.1 Å². The average Bonchev–Trinajstić information content (AvgIpc) is 3.21. The number of thioether (sulfide) groups is 1. The van der Waals surface area contributed by atoms with Gasteiger partial charge in [-0.1, -0.05) is 60.3 Å². The molecular formula is C24H20FN5O3S. The smallest absolute Gasteiger partial charge is 0.293 e. The lowest BCUT2D eigenvalue weighted by Crippen LogP contribution is -2.16. The highest BCUT2D eigenvalue weighted by molar-refractivity contribution is 7.99. The summed E-state index contributed by atoms with van der Waals surface area (Å²) in [4.78, 5) is 23.4. The number of hydrogen-bond donors (Lipinski definition) is 1. The van der Waals surface area contributed by atoms with E-state index in [1.807, 2.05) is 30.3 Å². The van der Waals surface area contributed by atoms with E-state index in [2.05, 4.69) is 15.5 Å². The van der Waals surface area contributed by atoms with Gasteiger partial charge in [0.05, 0.1) is 22.8 Å². The van der Waals surface area contributed by atoms with Crippen LogP contribution in [0.25, 0.3) is 11.4 Å². The molecule has 0 aliphatic carbocycles. The number of aromatic nitrogens is 3. The molecule has 8 nitrogen and oxygen atoms in total. The van der Waals surface area contributed by atoms with Crippen LogP contribution in [0, 0.1) is 22.9 Å². The number of carbonyl (C=O) groups is 1. The maximum atomic E-state index is 14.5. The van der Waals surface area contributed by atoms with Crippen molar-refractivity contribution in [1.29, 1.82) is 0 Å². The fourth-order valence-electron chi connectivity index (χ4n) is 3.36. The Labute approximate surface area is 199 Å². The van der Waals surface area contributed by atoms with Gasteiger partial charge in [-0.05, 0) is 36.2 Å². The van der Waals surface area contributed by atoms with Gasteiger partial charge in [0.2, 0.25) is 5.91 Å². The third-order valence-corrected chi connectivity index (χ3v) is 5.94. The summed E-state index contributed by atoms with van der Waals surface area (Å²) in [6.45, 7) is 2.12. The summed E-state index contributed by atoms with van der Waals surface area (Å²) in [5, 5.41) is 22.7. The first-order chi connectivity index (χ1) is 16.4. The third kappa shape index (κ3) is 5.29. The van der Waals surface area contributed by atoms with Gasteiger partial charge in [-0.2, -0.15) is 0 Å². The average molecular weight is 478 g/mol. The number of anilines is 1. The summed E-state index contributed by atoms with van der Waals surface area (Å²) in [6, 6.07) is 20.5. The minimum atomic E-state index is -0.535. The monoisotopic (exact) mass is 477 g/mol. The molecule has 0 saturated heterocycles. The summed E-state index contributed by atoms with van der Waals surface area (Å²) in [5.41, 5.74) is 1.93. The van der Waals surface area contributed by atoms with Crippen LogP contribution in [0.5, 0.6) is 0 Å². The van der Waals surface area contributed by atoms with Crippen LogP contribution in [0.4, 0.5) is 15.8 Å². The number of hydrogen-bond acceptors (Lipinski definition) is 6. The molecule has 3 aromatic carbocycles. The van der Waals surface area contributed by atoms with Gasteiger partial charge in [0, 0.05) is 6.07 Å². The maximum Gasteiger partial charge on any atom is 0.293 e. The van der Waals surface area contributed by atoms with Crippen LogP contribution in [0.1, 0.15) is 11.1 Å². The Hall–Kier alpha value is -4.05. The summed E-state index contributed by atoms with van der Waals surface area (Å²) < 4.78 is 16.2. The van der Waals surface area contributed by atoms with Gasteiger partial charge < -0.3 is 5.32 Å². The molecule has 0 unspecified atom stereocenters. The molecule has 0 bridgehead atoms. The SMILES string of the molecule is Cc1ccc(NC(=O)CSc2nnc(-c3ccccc3F)n2Cc2ccccc2)c([N+](=O)[O-])c1.